The number of carbonyl (C=O) groups excluding carboxylic acids is 1. The van der Waals surface area contributed by atoms with E-state index in [1.54, 1.807) is 21.8 Å². The van der Waals surface area contributed by atoms with E-state index in [2.05, 4.69) is 15.3 Å². The van der Waals surface area contributed by atoms with Crippen molar-refractivity contribution in [2.24, 2.45) is 0 Å². The molecular weight excluding hydrogens is 369 g/mol. The summed E-state index contributed by atoms with van der Waals surface area (Å²) in [6, 6.07) is 14.4. The van der Waals surface area contributed by atoms with E-state index in [0.29, 0.717) is 30.9 Å². The Balaban J connectivity index is 1.49. The summed E-state index contributed by atoms with van der Waals surface area (Å²) in [5.41, 5.74) is 4.57. The van der Waals surface area contributed by atoms with Gasteiger partial charge in [0.2, 0.25) is 0 Å². The first-order chi connectivity index (χ1) is 14.1. The number of aromatic nitrogens is 4. The number of carbonyl (C=O) groups is 1. The van der Waals surface area contributed by atoms with Gasteiger partial charge in [-0.15, -0.1) is 5.10 Å². The Morgan fingerprint density at radius 1 is 1.10 bits per heavy atom. The minimum Gasteiger partial charge on any atom is -0.333 e. The van der Waals surface area contributed by atoms with Crippen molar-refractivity contribution in [3.63, 3.8) is 0 Å². The summed E-state index contributed by atoms with van der Waals surface area (Å²) in [7, 11) is 0. The van der Waals surface area contributed by atoms with E-state index < -0.39 is 0 Å². The molecular formula is C22H18FN5O. The van der Waals surface area contributed by atoms with Gasteiger partial charge in [0.25, 0.3) is 5.91 Å². The molecule has 0 saturated heterocycles. The summed E-state index contributed by atoms with van der Waals surface area (Å²) in [6.07, 6.45) is 2.44. The molecule has 1 aliphatic heterocycles. The summed E-state index contributed by atoms with van der Waals surface area (Å²) in [5.74, 6) is -0.480. The van der Waals surface area contributed by atoms with Crippen LogP contribution in [0.1, 0.15) is 27.3 Å². The number of benzene rings is 2. The zero-order valence-corrected chi connectivity index (χ0v) is 15.8. The first-order valence-corrected chi connectivity index (χ1v) is 9.45. The van der Waals surface area contributed by atoms with Crippen molar-refractivity contribution in [3.8, 4) is 5.69 Å². The molecule has 29 heavy (non-hydrogen) atoms. The average molecular weight is 387 g/mol. The SMILES string of the molecule is Cc1c(C(=O)N2CCc3ccc(F)cc3C2)nnn1-c1cccc2ncccc12. The van der Waals surface area contributed by atoms with Crippen LogP contribution in [-0.4, -0.2) is 37.3 Å². The number of pyridine rings is 1. The van der Waals surface area contributed by atoms with Crippen LogP contribution in [0.5, 0.6) is 0 Å². The average Bonchev–Trinajstić information content (AvgIpc) is 3.13. The van der Waals surface area contributed by atoms with Crippen LogP contribution < -0.4 is 0 Å². The number of halogens is 1. The highest BCUT2D eigenvalue weighted by Gasteiger charge is 2.26. The summed E-state index contributed by atoms with van der Waals surface area (Å²) >= 11 is 0. The molecule has 2 aromatic carbocycles. The van der Waals surface area contributed by atoms with Crippen LogP contribution in [-0.2, 0) is 13.0 Å². The molecule has 0 atom stereocenters. The van der Waals surface area contributed by atoms with E-state index in [9.17, 15) is 9.18 Å². The lowest BCUT2D eigenvalue weighted by Crippen LogP contribution is -2.36. The fraction of sp³-hybridized carbons (Fsp3) is 0.182. The lowest BCUT2D eigenvalue weighted by Gasteiger charge is -2.28. The standard InChI is InChI=1S/C22H18FN5O/c1-14-21(22(29)27-11-9-15-7-8-17(23)12-16(15)13-27)25-26-28(14)20-6-2-5-19-18(20)4-3-10-24-19/h2-8,10,12H,9,11,13H2,1H3. The second-order valence-electron chi connectivity index (χ2n) is 7.17. The number of hydrogen-bond donors (Lipinski definition) is 0. The van der Waals surface area contributed by atoms with Gasteiger partial charge in [-0.1, -0.05) is 17.3 Å². The molecule has 0 saturated carbocycles. The Morgan fingerprint density at radius 3 is 2.90 bits per heavy atom. The molecule has 6 nitrogen and oxygen atoms in total. The van der Waals surface area contributed by atoms with Crippen molar-refractivity contribution in [1.29, 1.82) is 0 Å². The third kappa shape index (κ3) is 2.95. The van der Waals surface area contributed by atoms with Crippen molar-refractivity contribution in [1.82, 2.24) is 24.9 Å². The van der Waals surface area contributed by atoms with Gasteiger partial charge in [0.05, 0.1) is 16.9 Å². The van der Waals surface area contributed by atoms with Crippen LogP contribution in [0.4, 0.5) is 4.39 Å². The molecule has 3 heterocycles. The Morgan fingerprint density at radius 2 is 2.00 bits per heavy atom. The molecule has 0 radical (unpaired) electrons. The third-order valence-corrected chi connectivity index (χ3v) is 5.42. The molecule has 0 spiro atoms. The maximum atomic E-state index is 13.6. The van der Waals surface area contributed by atoms with Gasteiger partial charge in [-0.05, 0) is 60.9 Å². The topological polar surface area (TPSA) is 63.9 Å². The molecule has 0 N–H and O–H groups in total. The maximum absolute atomic E-state index is 13.6. The minimum atomic E-state index is -0.287. The van der Waals surface area contributed by atoms with E-state index in [-0.39, 0.29) is 11.7 Å². The molecule has 1 amide bonds. The van der Waals surface area contributed by atoms with Gasteiger partial charge in [0, 0.05) is 24.7 Å². The lowest BCUT2D eigenvalue weighted by molar-refractivity contribution is 0.0727. The Bertz CT molecular complexity index is 1240. The Hall–Kier alpha value is -3.61. The van der Waals surface area contributed by atoms with Crippen molar-refractivity contribution in [3.05, 3.63) is 83.1 Å². The smallest absolute Gasteiger partial charge is 0.276 e. The Kier molecular flexibility index (Phi) is 4.08. The molecule has 144 valence electrons. The monoisotopic (exact) mass is 387 g/mol. The molecule has 1 aliphatic rings. The number of hydrogen-bond acceptors (Lipinski definition) is 4. The molecule has 2 aromatic heterocycles. The van der Waals surface area contributed by atoms with Crippen LogP contribution in [0, 0.1) is 12.7 Å². The van der Waals surface area contributed by atoms with Crippen molar-refractivity contribution >= 4 is 16.8 Å². The van der Waals surface area contributed by atoms with Crippen LogP contribution in [0.15, 0.2) is 54.7 Å². The van der Waals surface area contributed by atoms with Gasteiger partial charge in [0.1, 0.15) is 5.82 Å². The molecule has 0 bridgehead atoms. The Labute approximate surface area is 166 Å². The van der Waals surface area contributed by atoms with E-state index >= 15 is 0 Å². The predicted molar refractivity (Wildman–Crippen MR) is 106 cm³/mol. The molecule has 5 rings (SSSR count). The summed E-state index contributed by atoms with van der Waals surface area (Å²) in [6.45, 7) is 2.78. The molecule has 0 fully saturated rings. The summed E-state index contributed by atoms with van der Waals surface area (Å²) < 4.78 is 15.3. The van der Waals surface area contributed by atoms with Gasteiger partial charge in [-0.25, -0.2) is 9.07 Å². The fourth-order valence-electron chi connectivity index (χ4n) is 3.88. The number of fused-ring (bicyclic) bond motifs is 2. The van der Waals surface area contributed by atoms with Gasteiger partial charge >= 0.3 is 0 Å². The highest BCUT2D eigenvalue weighted by atomic mass is 19.1. The van der Waals surface area contributed by atoms with E-state index in [0.717, 1.165) is 27.7 Å². The van der Waals surface area contributed by atoms with Gasteiger partial charge < -0.3 is 4.90 Å². The zero-order valence-electron chi connectivity index (χ0n) is 15.8. The van der Waals surface area contributed by atoms with E-state index in [1.807, 2.05) is 37.3 Å². The number of amides is 1. The van der Waals surface area contributed by atoms with Crippen LogP contribution in [0.3, 0.4) is 0 Å². The highest BCUT2D eigenvalue weighted by Crippen LogP contribution is 2.24. The summed E-state index contributed by atoms with van der Waals surface area (Å²) in [5, 5.41) is 9.35. The van der Waals surface area contributed by atoms with Gasteiger partial charge in [-0.2, -0.15) is 0 Å². The fourth-order valence-corrected chi connectivity index (χ4v) is 3.88. The first kappa shape index (κ1) is 17.5. The van der Waals surface area contributed by atoms with Crippen LogP contribution >= 0.6 is 0 Å². The van der Waals surface area contributed by atoms with E-state index in [4.69, 9.17) is 0 Å². The quantitative estimate of drug-likeness (QED) is 0.528. The number of nitrogens with zero attached hydrogens (tertiary/aromatic N) is 5. The number of rotatable bonds is 2. The second-order valence-corrected chi connectivity index (χ2v) is 7.17. The molecule has 0 unspecified atom stereocenters. The second kappa shape index (κ2) is 6.77. The van der Waals surface area contributed by atoms with Crippen molar-refractivity contribution < 1.29 is 9.18 Å². The van der Waals surface area contributed by atoms with Crippen LogP contribution in [0.2, 0.25) is 0 Å². The van der Waals surface area contributed by atoms with Gasteiger partial charge in [-0.3, -0.25) is 9.78 Å². The normalized spacial score (nSPS) is 13.5. The third-order valence-electron chi connectivity index (χ3n) is 5.42. The lowest BCUT2D eigenvalue weighted by atomic mass is 9.99. The van der Waals surface area contributed by atoms with Crippen molar-refractivity contribution in [2.75, 3.05) is 6.54 Å². The predicted octanol–water partition coefficient (Wildman–Crippen LogP) is 3.46. The van der Waals surface area contributed by atoms with Crippen molar-refractivity contribution in [2.45, 2.75) is 19.9 Å². The molecule has 7 heteroatoms. The van der Waals surface area contributed by atoms with Gasteiger partial charge in [0.15, 0.2) is 5.69 Å². The maximum Gasteiger partial charge on any atom is 0.276 e. The van der Waals surface area contributed by atoms with E-state index in [1.165, 1.54) is 12.1 Å². The molecule has 0 aliphatic carbocycles. The first-order valence-electron chi connectivity index (χ1n) is 9.45. The largest absolute Gasteiger partial charge is 0.333 e. The zero-order chi connectivity index (χ0) is 20.0. The van der Waals surface area contributed by atoms with Crippen LogP contribution in [0.25, 0.3) is 16.6 Å². The minimum absolute atomic E-state index is 0.193. The highest BCUT2D eigenvalue weighted by molar-refractivity contribution is 5.94. The molecule has 4 aromatic rings. The summed E-state index contributed by atoms with van der Waals surface area (Å²) in [4.78, 5) is 19.2.